The molecular formula is C13H25NS. The molecule has 0 aromatic carbocycles. The Morgan fingerprint density at radius 3 is 2.73 bits per heavy atom. The lowest BCUT2D eigenvalue weighted by atomic mass is 9.84. The molecule has 88 valence electrons. The van der Waals surface area contributed by atoms with Crippen LogP contribution in [0.25, 0.3) is 0 Å². The van der Waals surface area contributed by atoms with Crippen molar-refractivity contribution in [2.45, 2.75) is 69.7 Å². The quantitative estimate of drug-likeness (QED) is 0.792. The number of nitrogens with one attached hydrogen (secondary N) is 1. The van der Waals surface area contributed by atoms with E-state index in [-0.39, 0.29) is 0 Å². The van der Waals surface area contributed by atoms with Gasteiger partial charge in [-0.2, -0.15) is 11.8 Å². The highest BCUT2D eigenvalue weighted by Crippen LogP contribution is 2.30. The van der Waals surface area contributed by atoms with Crippen molar-refractivity contribution in [3.63, 3.8) is 0 Å². The van der Waals surface area contributed by atoms with Crippen molar-refractivity contribution >= 4 is 11.8 Å². The maximum absolute atomic E-state index is 3.89. The zero-order valence-electron chi connectivity index (χ0n) is 10.2. The molecule has 2 rings (SSSR count). The summed E-state index contributed by atoms with van der Waals surface area (Å²) in [5.41, 5.74) is 0. The van der Waals surface area contributed by atoms with Crippen LogP contribution in [0.2, 0.25) is 0 Å². The van der Waals surface area contributed by atoms with Gasteiger partial charge in [0.25, 0.3) is 0 Å². The van der Waals surface area contributed by atoms with Crippen LogP contribution in [0.1, 0.15) is 52.4 Å². The summed E-state index contributed by atoms with van der Waals surface area (Å²) in [5.74, 6) is 2.34. The zero-order chi connectivity index (χ0) is 10.7. The lowest BCUT2D eigenvalue weighted by molar-refractivity contribution is 0.265. The van der Waals surface area contributed by atoms with Gasteiger partial charge in [-0.25, -0.2) is 0 Å². The van der Waals surface area contributed by atoms with Crippen molar-refractivity contribution in [1.29, 1.82) is 0 Å². The normalized spacial score (nSPS) is 42.0. The molecule has 1 heterocycles. The van der Waals surface area contributed by atoms with Crippen LogP contribution in [0.3, 0.4) is 0 Å². The first-order chi connectivity index (χ1) is 7.28. The van der Waals surface area contributed by atoms with Crippen molar-refractivity contribution < 1.29 is 0 Å². The second-order valence-corrected chi connectivity index (χ2v) is 6.85. The van der Waals surface area contributed by atoms with Crippen LogP contribution in [0, 0.1) is 5.92 Å². The summed E-state index contributed by atoms with van der Waals surface area (Å²) in [6.07, 6.45) is 8.56. The molecule has 4 unspecified atom stereocenters. The number of thioether (sulfide) groups is 1. The largest absolute Gasteiger partial charge is 0.310 e. The third-order valence-corrected chi connectivity index (χ3v) is 5.39. The first-order valence-corrected chi connectivity index (χ1v) is 7.70. The minimum absolute atomic E-state index is 0.811. The van der Waals surface area contributed by atoms with Crippen LogP contribution < -0.4 is 5.32 Å². The molecule has 1 nitrogen and oxygen atoms in total. The topological polar surface area (TPSA) is 12.0 Å². The van der Waals surface area contributed by atoms with Gasteiger partial charge in [-0.1, -0.05) is 33.1 Å². The SMILES string of the molecule is CCC1CCCC(NC2CSC(C)C2)C1. The summed E-state index contributed by atoms with van der Waals surface area (Å²) >= 11 is 2.14. The average molecular weight is 227 g/mol. The number of hydrogen-bond donors (Lipinski definition) is 1. The van der Waals surface area contributed by atoms with Crippen LogP contribution in [-0.2, 0) is 0 Å². The number of rotatable bonds is 3. The molecular weight excluding hydrogens is 202 g/mol. The minimum Gasteiger partial charge on any atom is -0.310 e. The van der Waals surface area contributed by atoms with Gasteiger partial charge in [0.2, 0.25) is 0 Å². The fourth-order valence-corrected chi connectivity index (χ4v) is 4.24. The minimum atomic E-state index is 0.811. The van der Waals surface area contributed by atoms with E-state index in [4.69, 9.17) is 0 Å². The standard InChI is InChI=1S/C13H25NS/c1-3-11-5-4-6-12(8-11)14-13-7-10(2)15-9-13/h10-14H,3-9H2,1-2H3. The Labute approximate surface area is 98.8 Å². The summed E-state index contributed by atoms with van der Waals surface area (Å²) in [6.45, 7) is 4.71. The lowest BCUT2D eigenvalue weighted by Gasteiger charge is -2.31. The third kappa shape index (κ3) is 3.39. The molecule has 1 aliphatic carbocycles. The molecule has 0 bridgehead atoms. The predicted molar refractivity (Wildman–Crippen MR) is 69.5 cm³/mol. The van der Waals surface area contributed by atoms with E-state index in [2.05, 4.69) is 30.9 Å². The van der Waals surface area contributed by atoms with E-state index >= 15 is 0 Å². The van der Waals surface area contributed by atoms with Crippen LogP contribution >= 0.6 is 11.8 Å². The highest BCUT2D eigenvalue weighted by atomic mass is 32.2. The lowest BCUT2D eigenvalue weighted by Crippen LogP contribution is -2.41. The first kappa shape index (κ1) is 11.8. The highest BCUT2D eigenvalue weighted by Gasteiger charge is 2.26. The van der Waals surface area contributed by atoms with Crippen LogP contribution in [0.4, 0.5) is 0 Å². The van der Waals surface area contributed by atoms with Gasteiger partial charge in [0, 0.05) is 23.1 Å². The van der Waals surface area contributed by atoms with Crippen LogP contribution in [-0.4, -0.2) is 23.1 Å². The number of hydrogen-bond acceptors (Lipinski definition) is 2. The second kappa shape index (κ2) is 5.58. The summed E-state index contributed by atoms with van der Waals surface area (Å²) in [4.78, 5) is 0. The van der Waals surface area contributed by atoms with Gasteiger partial charge in [0.05, 0.1) is 0 Å². The Kier molecular flexibility index (Phi) is 4.39. The van der Waals surface area contributed by atoms with E-state index in [1.165, 1.54) is 44.3 Å². The van der Waals surface area contributed by atoms with Gasteiger partial charge in [-0.05, 0) is 25.2 Å². The van der Waals surface area contributed by atoms with Gasteiger partial charge in [0.15, 0.2) is 0 Å². The van der Waals surface area contributed by atoms with Crippen LogP contribution in [0.15, 0.2) is 0 Å². The summed E-state index contributed by atoms with van der Waals surface area (Å²) in [7, 11) is 0. The average Bonchev–Trinajstić information content (AvgIpc) is 2.64. The fraction of sp³-hybridized carbons (Fsp3) is 1.00. The molecule has 1 N–H and O–H groups in total. The molecule has 2 heteroatoms. The monoisotopic (exact) mass is 227 g/mol. The molecule has 4 atom stereocenters. The molecule has 15 heavy (non-hydrogen) atoms. The van der Waals surface area contributed by atoms with Crippen molar-refractivity contribution in [2.75, 3.05) is 5.75 Å². The molecule has 0 radical (unpaired) electrons. The van der Waals surface area contributed by atoms with E-state index in [1.54, 1.807) is 0 Å². The Bertz CT molecular complexity index is 195. The van der Waals surface area contributed by atoms with Crippen molar-refractivity contribution in [3.05, 3.63) is 0 Å². The molecule has 1 saturated carbocycles. The third-order valence-electron chi connectivity index (χ3n) is 4.03. The summed E-state index contributed by atoms with van der Waals surface area (Å²) < 4.78 is 0. The van der Waals surface area contributed by atoms with Gasteiger partial charge in [-0.15, -0.1) is 0 Å². The van der Waals surface area contributed by atoms with E-state index in [1.807, 2.05) is 0 Å². The Hall–Kier alpha value is 0.310. The van der Waals surface area contributed by atoms with Gasteiger partial charge >= 0.3 is 0 Å². The summed E-state index contributed by atoms with van der Waals surface area (Å²) in [6, 6.07) is 1.64. The van der Waals surface area contributed by atoms with Gasteiger partial charge in [-0.3, -0.25) is 0 Å². The molecule has 0 aromatic rings. The molecule has 2 fully saturated rings. The van der Waals surface area contributed by atoms with Crippen LogP contribution in [0.5, 0.6) is 0 Å². The van der Waals surface area contributed by atoms with Crippen molar-refractivity contribution in [2.24, 2.45) is 5.92 Å². The molecule has 0 aromatic heterocycles. The second-order valence-electron chi connectivity index (χ2n) is 5.38. The van der Waals surface area contributed by atoms with Crippen molar-refractivity contribution in [3.8, 4) is 0 Å². The molecule has 2 aliphatic rings. The molecule has 0 amide bonds. The fourth-order valence-electron chi connectivity index (χ4n) is 3.08. The van der Waals surface area contributed by atoms with E-state index in [9.17, 15) is 0 Å². The highest BCUT2D eigenvalue weighted by molar-refractivity contribution is 8.00. The van der Waals surface area contributed by atoms with Crippen molar-refractivity contribution in [1.82, 2.24) is 5.32 Å². The smallest absolute Gasteiger partial charge is 0.0171 e. The van der Waals surface area contributed by atoms with Gasteiger partial charge < -0.3 is 5.32 Å². The Morgan fingerprint density at radius 2 is 2.07 bits per heavy atom. The predicted octanol–water partition coefficient (Wildman–Crippen LogP) is 3.44. The zero-order valence-corrected chi connectivity index (χ0v) is 11.0. The van der Waals surface area contributed by atoms with Gasteiger partial charge in [0.1, 0.15) is 0 Å². The first-order valence-electron chi connectivity index (χ1n) is 6.65. The Morgan fingerprint density at radius 1 is 1.20 bits per heavy atom. The molecule has 1 saturated heterocycles. The molecule has 0 spiro atoms. The van der Waals surface area contributed by atoms with E-state index in [0.717, 1.165) is 23.3 Å². The molecule has 1 aliphatic heterocycles. The maximum atomic E-state index is 3.89. The summed E-state index contributed by atoms with van der Waals surface area (Å²) in [5, 5.41) is 4.77. The van der Waals surface area contributed by atoms with E-state index < -0.39 is 0 Å². The maximum Gasteiger partial charge on any atom is 0.0171 e. The van der Waals surface area contributed by atoms with E-state index in [0.29, 0.717) is 0 Å². The Balaban J connectivity index is 1.74.